The highest BCUT2D eigenvalue weighted by molar-refractivity contribution is 5.95. The molecule has 5 N–H and O–H groups in total. The van der Waals surface area contributed by atoms with Gasteiger partial charge in [-0.05, 0) is 61.0 Å². The summed E-state index contributed by atoms with van der Waals surface area (Å²) in [5.74, 6) is -0.916. The highest BCUT2D eigenvalue weighted by atomic mass is 16.2. The first-order chi connectivity index (χ1) is 23.8. The van der Waals surface area contributed by atoms with E-state index in [2.05, 4.69) is 38.1 Å². The fourth-order valence-corrected chi connectivity index (χ4v) is 6.93. The van der Waals surface area contributed by atoms with Gasteiger partial charge in [-0.3, -0.25) is 24.1 Å². The van der Waals surface area contributed by atoms with E-state index in [1.807, 2.05) is 91.1 Å². The van der Waals surface area contributed by atoms with E-state index in [0.717, 1.165) is 40.4 Å². The zero-order valence-electron chi connectivity index (χ0n) is 28.0. The summed E-state index contributed by atoms with van der Waals surface area (Å²) in [7, 11) is 0. The molecule has 0 aliphatic carbocycles. The predicted molar refractivity (Wildman–Crippen MR) is 189 cm³/mol. The Morgan fingerprint density at radius 3 is 2.00 bits per heavy atom. The molecule has 256 valence electrons. The first-order valence-electron chi connectivity index (χ1n) is 17.4. The first kappa shape index (κ1) is 33.9. The van der Waals surface area contributed by atoms with Gasteiger partial charge in [0, 0.05) is 36.5 Å². The molecule has 4 aromatic rings. The molecule has 4 atom stereocenters. The fraction of sp³-hybridized carbons (Fsp3) is 0.385. The van der Waals surface area contributed by atoms with Crippen LogP contribution in [-0.2, 0) is 38.4 Å². The van der Waals surface area contributed by atoms with Gasteiger partial charge >= 0.3 is 0 Å². The molecule has 2 fully saturated rings. The Bertz CT molecular complexity index is 1730. The lowest BCUT2D eigenvalue weighted by molar-refractivity contribution is -0.135. The average molecular weight is 663 g/mol. The van der Waals surface area contributed by atoms with Crippen LogP contribution in [0.1, 0.15) is 42.9 Å². The molecular formula is C39H46N6O4. The van der Waals surface area contributed by atoms with Gasteiger partial charge in [0.05, 0.1) is 18.5 Å². The van der Waals surface area contributed by atoms with Crippen molar-refractivity contribution in [2.24, 2.45) is 5.92 Å². The minimum Gasteiger partial charge on any atom is -0.361 e. The Labute approximate surface area is 287 Å². The highest BCUT2D eigenvalue weighted by Crippen LogP contribution is 2.22. The number of piperidine rings is 1. The fourth-order valence-electron chi connectivity index (χ4n) is 6.93. The average Bonchev–Trinajstić information content (AvgIpc) is 3.52. The number of H-pyrrole nitrogens is 1. The zero-order chi connectivity index (χ0) is 34.2. The molecule has 0 radical (unpaired) electrons. The molecule has 2 aliphatic rings. The number of amides is 4. The van der Waals surface area contributed by atoms with Crippen LogP contribution in [0.4, 0.5) is 0 Å². The summed E-state index contributed by atoms with van der Waals surface area (Å²) in [5, 5.41) is 13.1. The lowest BCUT2D eigenvalue weighted by atomic mass is 9.96. The van der Waals surface area contributed by atoms with Gasteiger partial charge < -0.3 is 26.3 Å². The maximum absolute atomic E-state index is 14.2. The summed E-state index contributed by atoms with van der Waals surface area (Å²) in [5.41, 5.74) is 3.68. The van der Waals surface area contributed by atoms with Crippen molar-refractivity contribution in [1.82, 2.24) is 31.2 Å². The number of para-hydroxylation sites is 1. The number of fused-ring (bicyclic) bond motifs is 1. The molecule has 4 amide bonds. The maximum atomic E-state index is 14.2. The summed E-state index contributed by atoms with van der Waals surface area (Å²) < 4.78 is 0. The monoisotopic (exact) mass is 662 g/mol. The van der Waals surface area contributed by atoms with E-state index in [1.165, 1.54) is 0 Å². The number of hydrogen-bond acceptors (Lipinski definition) is 5. The van der Waals surface area contributed by atoms with E-state index in [4.69, 9.17) is 0 Å². The molecule has 6 rings (SSSR count). The summed E-state index contributed by atoms with van der Waals surface area (Å²) in [6, 6.07) is 24.1. The third-order valence-electron chi connectivity index (χ3n) is 9.80. The second kappa shape index (κ2) is 16.0. The number of nitrogens with zero attached hydrogens (tertiary/aromatic N) is 1. The quantitative estimate of drug-likeness (QED) is 0.207. The van der Waals surface area contributed by atoms with Gasteiger partial charge in [-0.1, -0.05) is 85.8 Å². The van der Waals surface area contributed by atoms with Gasteiger partial charge in [0.1, 0.15) is 12.1 Å². The molecule has 2 saturated heterocycles. The Hall–Kier alpha value is -4.96. The summed E-state index contributed by atoms with van der Waals surface area (Å²) in [6.45, 7) is 3.79. The van der Waals surface area contributed by atoms with Crippen molar-refractivity contribution in [3.05, 3.63) is 108 Å². The van der Waals surface area contributed by atoms with Crippen LogP contribution in [0.25, 0.3) is 10.9 Å². The third-order valence-corrected chi connectivity index (χ3v) is 9.80. The van der Waals surface area contributed by atoms with Crippen molar-refractivity contribution in [2.45, 2.75) is 69.6 Å². The van der Waals surface area contributed by atoms with Crippen LogP contribution in [0.3, 0.4) is 0 Å². The Morgan fingerprint density at radius 1 is 0.673 bits per heavy atom. The van der Waals surface area contributed by atoms with Crippen LogP contribution in [0.5, 0.6) is 0 Å². The van der Waals surface area contributed by atoms with Gasteiger partial charge in [-0.15, -0.1) is 0 Å². The molecule has 0 spiro atoms. The summed E-state index contributed by atoms with van der Waals surface area (Å²) >= 11 is 0. The molecule has 3 heterocycles. The number of likely N-dealkylation sites (tertiary alicyclic amines) is 1. The maximum Gasteiger partial charge on any atom is 0.243 e. The van der Waals surface area contributed by atoms with Crippen molar-refractivity contribution < 1.29 is 19.2 Å². The lowest BCUT2D eigenvalue weighted by Gasteiger charge is -2.36. The van der Waals surface area contributed by atoms with Crippen molar-refractivity contribution in [3.8, 4) is 0 Å². The number of carbonyl (C=O) groups is 4. The molecule has 10 heteroatoms. The number of nitrogens with one attached hydrogen (secondary N) is 5. The van der Waals surface area contributed by atoms with Crippen molar-refractivity contribution in [1.29, 1.82) is 0 Å². The SMILES string of the molecule is CC1CCN([C@@H]2CC(=O)N[C@@H](Cc3c[nH]c4ccccc34)C(=O)N[C@@H](Cc3ccccc3)C(=O)N[C@H](Cc3ccccc3)CNC2=O)CC1. The molecular weight excluding hydrogens is 616 g/mol. The van der Waals surface area contributed by atoms with E-state index >= 15 is 0 Å². The second-order valence-corrected chi connectivity index (χ2v) is 13.5. The highest BCUT2D eigenvalue weighted by Gasteiger charge is 2.34. The number of carbonyl (C=O) groups excluding carboxylic acids is 4. The minimum atomic E-state index is -0.981. The standard InChI is InChI=1S/C39H46N6O4/c1-26-16-18-45(19-17-26)35-23-36(46)43-34(22-29-24-40-32-15-9-8-14-31(29)32)38(48)44-33(21-28-12-6-3-7-13-28)37(47)42-30(25-41-39(35)49)20-27-10-4-2-5-11-27/h2-15,24,26,30,33-35,40H,16-23,25H2,1H3,(H,41,49)(H,42,47)(H,43,46)(H,44,48)/t30-,33+,34+,35-/m1/s1. The van der Waals surface area contributed by atoms with E-state index in [0.29, 0.717) is 25.4 Å². The van der Waals surface area contributed by atoms with Crippen LogP contribution in [0.15, 0.2) is 91.1 Å². The Balaban J connectivity index is 1.33. The molecule has 49 heavy (non-hydrogen) atoms. The van der Waals surface area contributed by atoms with E-state index in [-0.39, 0.29) is 43.5 Å². The van der Waals surface area contributed by atoms with Gasteiger partial charge in [-0.25, -0.2) is 0 Å². The van der Waals surface area contributed by atoms with Crippen molar-refractivity contribution in [2.75, 3.05) is 19.6 Å². The molecule has 0 saturated carbocycles. The van der Waals surface area contributed by atoms with E-state index in [9.17, 15) is 19.2 Å². The van der Waals surface area contributed by atoms with Gasteiger partial charge in [0.15, 0.2) is 0 Å². The largest absolute Gasteiger partial charge is 0.361 e. The third kappa shape index (κ3) is 8.94. The first-order valence-corrected chi connectivity index (χ1v) is 17.4. The van der Waals surface area contributed by atoms with Crippen LogP contribution >= 0.6 is 0 Å². The van der Waals surface area contributed by atoms with E-state index in [1.54, 1.807) is 0 Å². The zero-order valence-corrected chi connectivity index (χ0v) is 28.0. The topological polar surface area (TPSA) is 135 Å². The van der Waals surface area contributed by atoms with Crippen LogP contribution < -0.4 is 21.3 Å². The van der Waals surface area contributed by atoms with Gasteiger partial charge in [0.2, 0.25) is 23.6 Å². The van der Waals surface area contributed by atoms with Gasteiger partial charge in [-0.2, -0.15) is 0 Å². The molecule has 10 nitrogen and oxygen atoms in total. The molecule has 0 unspecified atom stereocenters. The smallest absolute Gasteiger partial charge is 0.243 e. The van der Waals surface area contributed by atoms with Gasteiger partial charge in [0.25, 0.3) is 0 Å². The van der Waals surface area contributed by atoms with Crippen molar-refractivity contribution in [3.63, 3.8) is 0 Å². The minimum absolute atomic E-state index is 0.0823. The number of aromatic amines is 1. The molecule has 0 bridgehead atoms. The van der Waals surface area contributed by atoms with E-state index < -0.39 is 30.1 Å². The van der Waals surface area contributed by atoms with Crippen LogP contribution in [0, 0.1) is 5.92 Å². The predicted octanol–water partition coefficient (Wildman–Crippen LogP) is 3.27. The second-order valence-electron chi connectivity index (χ2n) is 13.5. The summed E-state index contributed by atoms with van der Waals surface area (Å²) in [4.78, 5) is 61.3. The molecule has 2 aliphatic heterocycles. The van der Waals surface area contributed by atoms with Crippen LogP contribution in [0.2, 0.25) is 0 Å². The lowest BCUT2D eigenvalue weighted by Crippen LogP contribution is -2.59. The molecule has 3 aromatic carbocycles. The number of aromatic nitrogens is 1. The molecule has 1 aromatic heterocycles. The summed E-state index contributed by atoms with van der Waals surface area (Å²) in [6.07, 6.45) is 4.58. The van der Waals surface area contributed by atoms with Crippen molar-refractivity contribution >= 4 is 34.5 Å². The normalized spacial score (nSPS) is 23.6. The Kier molecular flexibility index (Phi) is 11.0. The van der Waals surface area contributed by atoms with Crippen LogP contribution in [-0.4, -0.2) is 77.3 Å². The number of hydrogen-bond donors (Lipinski definition) is 5. The number of benzene rings is 3. The Morgan fingerprint density at radius 2 is 1.29 bits per heavy atom. The number of rotatable bonds is 7.